The van der Waals surface area contributed by atoms with Crippen molar-refractivity contribution in [2.24, 2.45) is 0 Å². The predicted molar refractivity (Wildman–Crippen MR) is 102 cm³/mol. The van der Waals surface area contributed by atoms with Crippen LogP contribution in [0.1, 0.15) is 29.4 Å². The van der Waals surface area contributed by atoms with Gasteiger partial charge in [0.05, 0.1) is 29.4 Å². The van der Waals surface area contributed by atoms with Crippen LogP contribution < -0.4 is 5.32 Å². The van der Waals surface area contributed by atoms with Crippen LogP contribution in [-0.2, 0) is 16.4 Å². The first-order chi connectivity index (χ1) is 12.2. The molecule has 2 rings (SSSR count). The Hall–Kier alpha value is -1.90. The summed E-state index contributed by atoms with van der Waals surface area (Å²) in [4.78, 5) is 12.5. The highest BCUT2D eigenvalue weighted by Gasteiger charge is 2.17. The van der Waals surface area contributed by atoms with Gasteiger partial charge in [-0.05, 0) is 31.0 Å². The van der Waals surface area contributed by atoms with Gasteiger partial charge in [-0.25, -0.2) is 17.4 Å². The van der Waals surface area contributed by atoms with Crippen molar-refractivity contribution in [3.63, 3.8) is 0 Å². The number of nitrogens with zero attached hydrogens (tertiary/aromatic N) is 3. The third kappa shape index (κ3) is 5.06. The van der Waals surface area contributed by atoms with Crippen LogP contribution in [0.5, 0.6) is 0 Å². The number of rotatable bonds is 8. The Balaban J connectivity index is 2.04. The van der Waals surface area contributed by atoms with Crippen molar-refractivity contribution in [3.05, 3.63) is 46.7 Å². The molecule has 142 valence electrons. The third-order valence-electron chi connectivity index (χ3n) is 4.00. The summed E-state index contributed by atoms with van der Waals surface area (Å²) < 4.78 is 25.7. The predicted octanol–water partition coefficient (Wildman–Crippen LogP) is 2.10. The van der Waals surface area contributed by atoms with E-state index in [0.717, 1.165) is 17.6 Å². The smallest absolute Gasteiger partial charge is 0.254 e. The van der Waals surface area contributed by atoms with Gasteiger partial charge in [-0.2, -0.15) is 5.10 Å². The first kappa shape index (κ1) is 20.4. The normalized spacial score (nSPS) is 11.7. The van der Waals surface area contributed by atoms with Crippen molar-refractivity contribution in [3.8, 4) is 5.69 Å². The van der Waals surface area contributed by atoms with Crippen LogP contribution in [0, 0.1) is 0 Å². The van der Waals surface area contributed by atoms with Crippen LogP contribution in [-0.4, -0.2) is 54.8 Å². The average Bonchev–Trinajstić information content (AvgIpc) is 3.01. The van der Waals surface area contributed by atoms with Crippen molar-refractivity contribution < 1.29 is 13.2 Å². The Bertz CT molecular complexity index is 880. The number of nitrogens with one attached hydrogen (secondary N) is 1. The number of amides is 1. The topological polar surface area (TPSA) is 84.3 Å². The molecule has 0 fully saturated rings. The van der Waals surface area contributed by atoms with Gasteiger partial charge in [0.1, 0.15) is 0 Å². The van der Waals surface area contributed by atoms with Gasteiger partial charge in [-0.3, -0.25) is 4.79 Å². The first-order valence-electron chi connectivity index (χ1n) is 8.26. The van der Waals surface area contributed by atoms with E-state index >= 15 is 0 Å². The van der Waals surface area contributed by atoms with E-state index in [9.17, 15) is 13.2 Å². The summed E-state index contributed by atoms with van der Waals surface area (Å²) in [6, 6.07) is 7.27. The Kier molecular flexibility index (Phi) is 6.80. The lowest BCUT2D eigenvalue weighted by molar-refractivity contribution is 0.0952. The zero-order chi connectivity index (χ0) is 19.3. The molecular weight excluding hydrogens is 376 g/mol. The molecule has 9 heteroatoms. The van der Waals surface area contributed by atoms with Gasteiger partial charge in [-0.15, -0.1) is 0 Å². The fourth-order valence-electron chi connectivity index (χ4n) is 2.50. The summed E-state index contributed by atoms with van der Waals surface area (Å²) >= 11 is 6.03. The van der Waals surface area contributed by atoms with Crippen molar-refractivity contribution >= 4 is 27.5 Å². The Morgan fingerprint density at radius 2 is 2.12 bits per heavy atom. The largest absolute Gasteiger partial charge is 0.352 e. The third-order valence-corrected chi connectivity index (χ3v) is 5.55. The Labute approximate surface area is 159 Å². The molecule has 2 aromatic rings. The van der Waals surface area contributed by atoms with E-state index in [1.54, 1.807) is 16.8 Å². The van der Waals surface area contributed by atoms with Crippen molar-refractivity contribution in [2.75, 3.05) is 26.4 Å². The van der Waals surface area contributed by atoms with Gasteiger partial charge in [-0.1, -0.05) is 24.6 Å². The Morgan fingerprint density at radius 3 is 2.73 bits per heavy atom. The molecule has 0 aliphatic rings. The second-order valence-electron chi connectivity index (χ2n) is 5.94. The molecule has 1 amide bonds. The van der Waals surface area contributed by atoms with Gasteiger partial charge in [0.15, 0.2) is 0 Å². The number of hydrogen-bond donors (Lipinski definition) is 1. The van der Waals surface area contributed by atoms with E-state index in [1.807, 2.05) is 19.1 Å². The highest BCUT2D eigenvalue weighted by molar-refractivity contribution is 7.88. The Morgan fingerprint density at radius 1 is 1.38 bits per heavy atom. The minimum Gasteiger partial charge on any atom is -0.352 e. The fraction of sp³-hybridized carbons (Fsp3) is 0.412. The van der Waals surface area contributed by atoms with Crippen molar-refractivity contribution in [2.45, 2.75) is 19.8 Å². The SMILES string of the molecule is CCc1c(C(=O)NCCCN(C)S(C)(=O)=O)cnn1-c1cccc(Cl)c1. The molecule has 1 aromatic heterocycles. The van der Waals surface area contributed by atoms with Crippen molar-refractivity contribution in [1.82, 2.24) is 19.4 Å². The van der Waals surface area contributed by atoms with Crippen LogP contribution in [0.25, 0.3) is 5.69 Å². The number of halogens is 1. The second-order valence-corrected chi connectivity index (χ2v) is 8.47. The molecule has 0 aliphatic heterocycles. The summed E-state index contributed by atoms with van der Waals surface area (Å²) in [5, 5.41) is 7.73. The molecule has 0 bridgehead atoms. The molecule has 1 heterocycles. The fourth-order valence-corrected chi connectivity index (χ4v) is 3.14. The molecule has 1 aromatic carbocycles. The molecular formula is C17H23ClN4O3S. The summed E-state index contributed by atoms with van der Waals surface area (Å²) in [6.45, 7) is 2.68. The second kappa shape index (κ2) is 8.66. The van der Waals surface area contributed by atoms with Crippen LogP contribution in [0.2, 0.25) is 5.02 Å². The van der Waals surface area contributed by atoms with Gasteiger partial charge >= 0.3 is 0 Å². The van der Waals surface area contributed by atoms with Gasteiger partial charge in [0, 0.05) is 25.2 Å². The molecule has 0 saturated heterocycles. The molecule has 0 atom stereocenters. The maximum atomic E-state index is 12.5. The van der Waals surface area contributed by atoms with E-state index < -0.39 is 10.0 Å². The summed E-state index contributed by atoms with van der Waals surface area (Å²) in [7, 11) is -1.69. The average molecular weight is 399 g/mol. The molecule has 26 heavy (non-hydrogen) atoms. The number of carbonyl (C=O) groups excluding carboxylic acids is 1. The monoisotopic (exact) mass is 398 g/mol. The van der Waals surface area contributed by atoms with Crippen molar-refractivity contribution in [1.29, 1.82) is 0 Å². The summed E-state index contributed by atoms with van der Waals surface area (Å²) in [5.74, 6) is -0.225. The van der Waals surface area contributed by atoms with Crippen LogP contribution in [0.15, 0.2) is 30.5 Å². The quantitative estimate of drug-likeness (QED) is 0.690. The van der Waals surface area contributed by atoms with Crippen LogP contribution in [0.4, 0.5) is 0 Å². The molecule has 0 spiro atoms. The molecule has 7 nitrogen and oxygen atoms in total. The van der Waals surface area contributed by atoms with E-state index in [2.05, 4.69) is 10.4 Å². The summed E-state index contributed by atoms with van der Waals surface area (Å²) in [5.41, 5.74) is 2.09. The minimum absolute atomic E-state index is 0.225. The summed E-state index contributed by atoms with van der Waals surface area (Å²) in [6.07, 6.45) is 3.85. The maximum Gasteiger partial charge on any atom is 0.254 e. The number of sulfonamides is 1. The minimum atomic E-state index is -3.20. The van der Waals surface area contributed by atoms with E-state index in [0.29, 0.717) is 36.5 Å². The van der Waals surface area contributed by atoms with Gasteiger partial charge in [0.25, 0.3) is 5.91 Å². The lowest BCUT2D eigenvalue weighted by Gasteiger charge is -2.14. The number of benzene rings is 1. The highest BCUT2D eigenvalue weighted by Crippen LogP contribution is 2.19. The van der Waals surface area contributed by atoms with Crippen LogP contribution >= 0.6 is 11.6 Å². The highest BCUT2D eigenvalue weighted by atomic mass is 35.5. The van der Waals surface area contributed by atoms with E-state index in [-0.39, 0.29) is 5.91 Å². The zero-order valence-electron chi connectivity index (χ0n) is 15.1. The molecule has 0 unspecified atom stereocenters. The van der Waals surface area contributed by atoms with Gasteiger partial charge < -0.3 is 5.32 Å². The number of aromatic nitrogens is 2. The standard InChI is InChI=1S/C17H23ClN4O3S/c1-4-16-15(12-20-22(16)14-8-5-7-13(18)11-14)17(23)19-9-6-10-21(2)26(3,24)25/h5,7-8,11-12H,4,6,9-10H2,1-3H3,(H,19,23). The lowest BCUT2D eigenvalue weighted by atomic mass is 10.2. The zero-order valence-corrected chi connectivity index (χ0v) is 16.6. The number of carbonyl (C=O) groups is 1. The van der Waals surface area contributed by atoms with Crippen LogP contribution in [0.3, 0.4) is 0 Å². The molecule has 1 N–H and O–H groups in total. The maximum absolute atomic E-state index is 12.5. The van der Waals surface area contributed by atoms with Gasteiger partial charge in [0.2, 0.25) is 10.0 Å². The molecule has 0 saturated carbocycles. The lowest BCUT2D eigenvalue weighted by Crippen LogP contribution is -2.31. The number of hydrogen-bond acceptors (Lipinski definition) is 4. The van der Waals surface area contributed by atoms with E-state index in [1.165, 1.54) is 17.5 Å². The molecule has 0 aliphatic carbocycles. The van der Waals surface area contributed by atoms with E-state index in [4.69, 9.17) is 11.6 Å². The molecule has 0 radical (unpaired) electrons. The first-order valence-corrected chi connectivity index (χ1v) is 10.5.